The van der Waals surface area contributed by atoms with Gasteiger partial charge in [-0.1, -0.05) is 73.4 Å². The molecule has 1 heterocycles. The largest absolute Gasteiger partial charge is 3.00 e. The summed E-state index contributed by atoms with van der Waals surface area (Å²) in [7, 11) is 4.00. The second kappa shape index (κ2) is 23.3. The van der Waals surface area contributed by atoms with E-state index in [1.807, 2.05) is 68.7 Å². The van der Waals surface area contributed by atoms with Gasteiger partial charge in [-0.3, -0.25) is 34.0 Å². The van der Waals surface area contributed by atoms with Crippen molar-refractivity contribution in [3.63, 3.8) is 0 Å². The zero-order chi connectivity index (χ0) is 40.6. The molecule has 4 rings (SSSR count). The van der Waals surface area contributed by atoms with Gasteiger partial charge in [-0.2, -0.15) is 0 Å². The van der Waals surface area contributed by atoms with Gasteiger partial charge in [0.05, 0.1) is 37.6 Å². The third-order valence-corrected chi connectivity index (χ3v) is 8.39. The average Bonchev–Trinajstić information content (AvgIpc) is 3.13. The van der Waals surface area contributed by atoms with Crippen LogP contribution >= 0.6 is 0 Å². The van der Waals surface area contributed by atoms with Crippen LogP contribution in [0.25, 0.3) is 11.1 Å². The van der Waals surface area contributed by atoms with Crippen molar-refractivity contribution in [2.75, 3.05) is 53.4 Å². The van der Waals surface area contributed by atoms with Gasteiger partial charge in [0.2, 0.25) is 0 Å². The molecule has 297 valence electrons. The molecule has 0 aliphatic carbocycles. The normalized spacial score (nSPS) is 11.3. The fraction of sp³-hybridized carbons (Fsp3) is 0.279. The molecule has 13 nitrogen and oxygen atoms in total. The number of carboxylic acid groups (broad SMARTS) is 4. The van der Waals surface area contributed by atoms with E-state index >= 15 is 0 Å². The number of carbonyl (C=O) groups is 4. The predicted octanol–water partition coefficient (Wildman–Crippen LogP) is 4.73. The van der Waals surface area contributed by atoms with E-state index in [2.05, 4.69) is 52.9 Å². The van der Waals surface area contributed by atoms with Crippen LogP contribution in [0.15, 0.2) is 91.0 Å². The van der Waals surface area contributed by atoms with Gasteiger partial charge in [-0.25, -0.2) is 0 Å². The van der Waals surface area contributed by atoms with E-state index in [0.29, 0.717) is 17.7 Å². The molecule has 0 unspecified atom stereocenters. The molecule has 0 aliphatic rings. The molecule has 4 aromatic rings. The molecule has 0 spiro atoms. The molecule has 0 atom stereocenters. The van der Waals surface area contributed by atoms with Crippen molar-refractivity contribution in [1.82, 2.24) is 19.7 Å². The summed E-state index contributed by atoms with van der Waals surface area (Å²) >= 11 is 0. The van der Waals surface area contributed by atoms with E-state index < -0.39 is 50.1 Å². The van der Waals surface area contributed by atoms with E-state index in [0.717, 1.165) is 41.0 Å². The number of allylic oxidation sites excluding steroid dienone is 1. The number of hydrogen-bond acceptors (Lipinski definition) is 9. The van der Waals surface area contributed by atoms with Gasteiger partial charge in [0, 0.05) is 30.8 Å². The second-order valence-corrected chi connectivity index (χ2v) is 13.3. The summed E-state index contributed by atoms with van der Waals surface area (Å²) in [5, 5.41) is 37.4. The Kier molecular flexibility index (Phi) is 18.9. The first kappa shape index (κ1) is 46.4. The number of likely N-dealkylation sites (N-methyl/N-ethyl adjacent to an activating group) is 1. The molecular formula is C43H46GdN4O9+3. The summed E-state index contributed by atoms with van der Waals surface area (Å²) in [4.78, 5) is 54.8. The third-order valence-electron chi connectivity index (χ3n) is 8.39. The number of aromatic nitrogens is 1. The second-order valence-electron chi connectivity index (χ2n) is 13.3. The number of ether oxygens (including phenoxy) is 1. The van der Waals surface area contributed by atoms with Crippen LogP contribution in [0.2, 0.25) is 0 Å². The third kappa shape index (κ3) is 15.8. The molecule has 0 fully saturated rings. The zero-order valence-corrected chi connectivity index (χ0v) is 34.3. The first-order valence-corrected chi connectivity index (χ1v) is 17.9. The Morgan fingerprint density at radius 1 is 0.632 bits per heavy atom. The number of pyridine rings is 1. The summed E-state index contributed by atoms with van der Waals surface area (Å²) in [6, 6.07) is 29.3. The van der Waals surface area contributed by atoms with Crippen molar-refractivity contribution in [3.8, 4) is 17.6 Å². The van der Waals surface area contributed by atoms with Crippen molar-refractivity contribution < 1.29 is 84.3 Å². The van der Waals surface area contributed by atoms with Gasteiger partial charge >= 0.3 is 63.8 Å². The molecule has 1 radical (unpaired) electrons. The summed E-state index contributed by atoms with van der Waals surface area (Å²) in [6.07, 6.45) is 0.779. The molecule has 57 heavy (non-hydrogen) atoms. The van der Waals surface area contributed by atoms with Crippen LogP contribution in [0.5, 0.6) is 5.75 Å². The smallest absolute Gasteiger partial charge is 0.492 e. The minimum absolute atomic E-state index is 0. The maximum atomic E-state index is 11.5. The maximum absolute atomic E-state index is 11.5. The summed E-state index contributed by atoms with van der Waals surface area (Å²) < 4.78 is 5.94. The number of hydrogen-bond donors (Lipinski definition) is 4. The quantitative estimate of drug-likeness (QED) is 0.0707. The first-order chi connectivity index (χ1) is 26.8. The van der Waals surface area contributed by atoms with Crippen LogP contribution in [0.1, 0.15) is 52.5 Å². The minimum atomic E-state index is -1.23. The molecule has 0 amide bonds. The number of rotatable bonds is 20. The van der Waals surface area contributed by atoms with Crippen LogP contribution in [0, 0.1) is 51.8 Å². The van der Waals surface area contributed by atoms with Crippen molar-refractivity contribution >= 4 is 35.0 Å². The number of benzene rings is 3. The van der Waals surface area contributed by atoms with Crippen molar-refractivity contribution in [2.45, 2.75) is 26.4 Å². The van der Waals surface area contributed by atoms with Crippen molar-refractivity contribution in [1.29, 1.82) is 0 Å². The maximum Gasteiger partial charge on any atom is 3.00 e. The molecule has 0 saturated carbocycles. The van der Waals surface area contributed by atoms with Crippen LogP contribution in [0.3, 0.4) is 0 Å². The molecular weight excluding hydrogens is 874 g/mol. The van der Waals surface area contributed by atoms with Gasteiger partial charge in [0.15, 0.2) is 0 Å². The van der Waals surface area contributed by atoms with Crippen molar-refractivity contribution in [3.05, 3.63) is 130 Å². The van der Waals surface area contributed by atoms with Crippen molar-refractivity contribution in [2.24, 2.45) is 0 Å². The first-order valence-electron chi connectivity index (χ1n) is 17.9. The van der Waals surface area contributed by atoms with E-state index in [1.54, 1.807) is 12.1 Å². The number of nitrogens with zero attached hydrogens (tertiary/aromatic N) is 4. The van der Waals surface area contributed by atoms with Gasteiger partial charge in [0.1, 0.15) is 12.4 Å². The fourth-order valence-electron chi connectivity index (χ4n) is 6.05. The Morgan fingerprint density at radius 3 is 1.53 bits per heavy atom. The van der Waals surface area contributed by atoms with Crippen LogP contribution in [-0.2, 0) is 32.3 Å². The molecule has 0 bridgehead atoms. The number of carboxylic acids is 4. The Hall–Kier alpha value is -5.01. The van der Waals surface area contributed by atoms with Crippen LogP contribution in [-0.4, -0.2) is 117 Å². The van der Waals surface area contributed by atoms with E-state index in [-0.39, 0.29) is 64.4 Å². The fourth-order valence-corrected chi connectivity index (χ4v) is 6.05. The molecule has 0 aliphatic heterocycles. The molecule has 3 aromatic carbocycles. The zero-order valence-electron chi connectivity index (χ0n) is 32.0. The predicted molar refractivity (Wildman–Crippen MR) is 211 cm³/mol. The monoisotopic (exact) mass is 920 g/mol. The average molecular weight is 920 g/mol. The Morgan fingerprint density at radius 2 is 1.09 bits per heavy atom. The Bertz CT molecular complexity index is 1990. The molecule has 1 aromatic heterocycles. The molecule has 0 saturated heterocycles. The summed E-state index contributed by atoms with van der Waals surface area (Å²) in [6.45, 7) is 0.927. The van der Waals surface area contributed by atoms with E-state index in [4.69, 9.17) is 4.74 Å². The molecule has 4 N–H and O–H groups in total. The van der Waals surface area contributed by atoms with E-state index in [9.17, 15) is 39.6 Å². The summed E-state index contributed by atoms with van der Waals surface area (Å²) in [5.74, 6) is 2.13. The van der Waals surface area contributed by atoms with Crippen LogP contribution in [0.4, 0.5) is 0 Å². The summed E-state index contributed by atoms with van der Waals surface area (Å²) in [5.41, 5.74) is 7.06. The van der Waals surface area contributed by atoms with Gasteiger partial charge in [0.25, 0.3) is 0 Å². The topological polar surface area (TPSA) is 181 Å². The Labute approximate surface area is 364 Å². The van der Waals surface area contributed by atoms with Gasteiger partial charge < -0.3 is 30.1 Å². The minimum Gasteiger partial charge on any atom is -0.492 e. The molecule has 14 heteroatoms. The van der Waals surface area contributed by atoms with Crippen LogP contribution < -0.4 is 4.74 Å². The standard InChI is InChI=1S/C43H46N4O9.Gd/c1-4-38(32-8-6-5-7-9-32)43(34-16-18-37(19-17-34)56-21-20-45(2)3)33-14-12-30(13-15-33)10-11-31-22-35(24-46(26-39(48)49)27-40(50)51)44-36(23-31)25-47(28-41(52)53)29-42(54)55;/h5-9,12-19,22-23H,4,20-21,24-29H2,1-3H3,(H,48,49)(H,50,51)(H,52,53)(H,54,55);/q;+3/b43-38-;. The van der Waals surface area contributed by atoms with Gasteiger partial charge in [-0.15, -0.1) is 0 Å². The van der Waals surface area contributed by atoms with E-state index in [1.165, 1.54) is 15.4 Å². The number of aliphatic carboxylic acids is 4. The Balaban J connectivity index is 0.00000870. The van der Waals surface area contributed by atoms with Gasteiger partial charge in [-0.05, 0) is 84.8 Å². The SMILES string of the molecule is CC/C(=C(\c1ccc(C#Cc2cc(CN(CC(=O)O)CC(=O)O)nc(CN(CC(=O)O)CC(=O)O)c2)cc1)c1ccc(OCCN(C)C)cc1)c1ccccc1.[Gd+3].